The van der Waals surface area contributed by atoms with Crippen LogP contribution in [-0.4, -0.2) is 47.4 Å². The van der Waals surface area contributed by atoms with Crippen molar-refractivity contribution in [2.24, 2.45) is 0 Å². The van der Waals surface area contributed by atoms with E-state index in [1.54, 1.807) is 6.08 Å². The lowest BCUT2D eigenvalue weighted by molar-refractivity contribution is -0.143. The summed E-state index contributed by atoms with van der Waals surface area (Å²) in [4.78, 5) is 24.5. The van der Waals surface area contributed by atoms with E-state index in [4.69, 9.17) is 4.74 Å². The van der Waals surface area contributed by atoms with Crippen molar-refractivity contribution in [1.82, 2.24) is 5.32 Å². The summed E-state index contributed by atoms with van der Waals surface area (Å²) in [6.07, 6.45) is 65.8. The molecule has 64 heavy (non-hydrogen) atoms. The van der Waals surface area contributed by atoms with Gasteiger partial charge < -0.3 is 20.3 Å². The second-order valence-electron chi connectivity index (χ2n) is 19.3. The summed E-state index contributed by atoms with van der Waals surface area (Å²) >= 11 is 0. The molecule has 0 aliphatic rings. The first-order chi connectivity index (χ1) is 31.5. The number of allylic oxidation sites excluding steroid dienone is 5. The summed E-state index contributed by atoms with van der Waals surface area (Å²) in [6.45, 7) is 4.85. The third-order valence-electron chi connectivity index (χ3n) is 12.9. The number of amides is 1. The number of hydrogen-bond acceptors (Lipinski definition) is 5. The van der Waals surface area contributed by atoms with Crippen LogP contribution >= 0.6 is 0 Å². The number of carbonyl (C=O) groups is 2. The molecule has 0 aliphatic heterocycles. The molecule has 1 amide bonds. The van der Waals surface area contributed by atoms with Gasteiger partial charge in [0.2, 0.25) is 5.91 Å². The van der Waals surface area contributed by atoms with Crippen LogP contribution in [-0.2, 0) is 14.3 Å². The van der Waals surface area contributed by atoms with Gasteiger partial charge >= 0.3 is 5.97 Å². The number of ether oxygens (including phenoxy) is 1. The van der Waals surface area contributed by atoms with E-state index in [9.17, 15) is 19.8 Å². The Hall–Kier alpha value is -1.92. The number of nitrogens with one attached hydrogen (secondary N) is 1. The summed E-state index contributed by atoms with van der Waals surface area (Å²) < 4.78 is 5.47. The van der Waals surface area contributed by atoms with Crippen molar-refractivity contribution >= 4 is 11.9 Å². The maximum absolute atomic E-state index is 12.5. The number of carbonyl (C=O) groups excluding carboxylic acids is 2. The van der Waals surface area contributed by atoms with Crippen LogP contribution in [0.5, 0.6) is 0 Å². The van der Waals surface area contributed by atoms with Crippen molar-refractivity contribution in [3.63, 3.8) is 0 Å². The normalized spacial score (nSPS) is 12.9. The van der Waals surface area contributed by atoms with Gasteiger partial charge in [-0.2, -0.15) is 0 Å². The van der Waals surface area contributed by atoms with Crippen molar-refractivity contribution in [3.05, 3.63) is 36.5 Å². The second kappa shape index (κ2) is 53.7. The van der Waals surface area contributed by atoms with Gasteiger partial charge in [0, 0.05) is 12.8 Å². The molecule has 2 unspecified atom stereocenters. The molecule has 0 aromatic heterocycles. The van der Waals surface area contributed by atoms with Gasteiger partial charge in [-0.25, -0.2) is 0 Å². The quantitative estimate of drug-likeness (QED) is 0.0321. The van der Waals surface area contributed by atoms with E-state index in [-0.39, 0.29) is 18.5 Å². The van der Waals surface area contributed by atoms with E-state index in [0.717, 1.165) is 64.2 Å². The first-order valence-corrected chi connectivity index (χ1v) is 28.3. The number of aliphatic hydroxyl groups excluding tert-OH is 2. The second-order valence-corrected chi connectivity index (χ2v) is 19.3. The van der Waals surface area contributed by atoms with Crippen molar-refractivity contribution in [3.8, 4) is 0 Å². The monoisotopic (exact) mass is 900 g/mol. The smallest absolute Gasteiger partial charge is 0.305 e. The van der Waals surface area contributed by atoms with Crippen LogP contribution < -0.4 is 5.32 Å². The summed E-state index contributed by atoms with van der Waals surface area (Å²) in [5, 5.41) is 23.1. The van der Waals surface area contributed by atoms with Crippen LogP contribution in [0.3, 0.4) is 0 Å². The highest BCUT2D eigenvalue weighted by atomic mass is 16.5. The van der Waals surface area contributed by atoms with E-state index in [1.165, 1.54) is 205 Å². The molecule has 0 aromatic rings. The SMILES string of the molecule is CCCCCC/C=C\C/C=C\CCCCCCCCCC(=O)OCCCCCCCCCCCCCC(=O)NC(CO)C(O)/C=C/CCCCCCCCCCCCCCCCCC. The molecule has 0 bridgehead atoms. The Morgan fingerprint density at radius 2 is 0.781 bits per heavy atom. The molecule has 6 heteroatoms. The third kappa shape index (κ3) is 49.5. The maximum Gasteiger partial charge on any atom is 0.305 e. The van der Waals surface area contributed by atoms with Gasteiger partial charge in [0.1, 0.15) is 0 Å². The lowest BCUT2D eigenvalue weighted by atomic mass is 10.0. The number of unbranched alkanes of at least 4 members (excludes halogenated alkanes) is 37. The van der Waals surface area contributed by atoms with E-state index in [2.05, 4.69) is 43.5 Å². The molecule has 0 spiro atoms. The average Bonchev–Trinajstić information content (AvgIpc) is 3.29. The van der Waals surface area contributed by atoms with Gasteiger partial charge in [0.05, 0.1) is 25.4 Å². The fourth-order valence-corrected chi connectivity index (χ4v) is 8.55. The Balaban J connectivity index is 3.50. The van der Waals surface area contributed by atoms with Crippen molar-refractivity contribution < 1.29 is 24.5 Å². The summed E-state index contributed by atoms with van der Waals surface area (Å²) in [5.41, 5.74) is 0. The Labute approximate surface area is 398 Å². The molecule has 0 saturated heterocycles. The zero-order chi connectivity index (χ0) is 46.5. The van der Waals surface area contributed by atoms with Gasteiger partial charge in [-0.1, -0.05) is 256 Å². The van der Waals surface area contributed by atoms with Gasteiger partial charge in [0.25, 0.3) is 0 Å². The number of rotatable bonds is 52. The van der Waals surface area contributed by atoms with Gasteiger partial charge in [-0.05, 0) is 64.2 Å². The van der Waals surface area contributed by atoms with Crippen LogP contribution in [0.2, 0.25) is 0 Å². The van der Waals surface area contributed by atoms with Crippen LogP contribution in [0.15, 0.2) is 36.5 Å². The third-order valence-corrected chi connectivity index (χ3v) is 12.9. The lowest BCUT2D eigenvalue weighted by Crippen LogP contribution is -2.45. The lowest BCUT2D eigenvalue weighted by Gasteiger charge is -2.20. The van der Waals surface area contributed by atoms with Gasteiger partial charge in [-0.3, -0.25) is 9.59 Å². The standard InChI is InChI=1S/C58H109NO5/c1-3-5-7-9-11-13-15-17-19-21-23-25-27-30-34-38-42-46-50-56(61)55(54-60)59-57(62)51-47-43-39-35-31-29-33-37-41-45-49-53-64-58(63)52-48-44-40-36-32-28-26-24-22-20-18-16-14-12-10-8-6-4-2/h14,16,20,22,46,50,55-56,60-61H,3-13,15,17-19,21,23-45,47-49,51-54H2,1-2H3,(H,59,62)/b16-14-,22-20-,50-46+. The van der Waals surface area contributed by atoms with Gasteiger partial charge in [-0.15, -0.1) is 0 Å². The van der Waals surface area contributed by atoms with Crippen molar-refractivity contribution in [2.75, 3.05) is 13.2 Å². The Morgan fingerprint density at radius 1 is 0.438 bits per heavy atom. The molecule has 6 nitrogen and oxygen atoms in total. The van der Waals surface area contributed by atoms with Crippen LogP contribution in [0.1, 0.15) is 296 Å². The summed E-state index contributed by atoms with van der Waals surface area (Å²) in [6, 6.07) is -0.643. The van der Waals surface area contributed by atoms with E-state index in [1.807, 2.05) is 6.08 Å². The number of hydrogen-bond donors (Lipinski definition) is 3. The molecule has 0 aromatic carbocycles. The van der Waals surface area contributed by atoms with Gasteiger partial charge in [0.15, 0.2) is 0 Å². The Morgan fingerprint density at radius 3 is 1.20 bits per heavy atom. The number of aliphatic hydroxyl groups is 2. The molecule has 0 heterocycles. The van der Waals surface area contributed by atoms with Crippen LogP contribution in [0.25, 0.3) is 0 Å². The van der Waals surface area contributed by atoms with E-state index < -0.39 is 12.1 Å². The topological polar surface area (TPSA) is 95.9 Å². The minimum atomic E-state index is -0.858. The molecule has 0 radical (unpaired) electrons. The van der Waals surface area contributed by atoms with Crippen LogP contribution in [0, 0.1) is 0 Å². The van der Waals surface area contributed by atoms with Crippen LogP contribution in [0.4, 0.5) is 0 Å². The molecular weight excluding hydrogens is 791 g/mol. The largest absolute Gasteiger partial charge is 0.466 e. The molecule has 0 aliphatic carbocycles. The van der Waals surface area contributed by atoms with E-state index in [0.29, 0.717) is 19.4 Å². The molecule has 0 fully saturated rings. The highest BCUT2D eigenvalue weighted by Crippen LogP contribution is 2.16. The fourth-order valence-electron chi connectivity index (χ4n) is 8.55. The molecule has 3 N–H and O–H groups in total. The summed E-state index contributed by atoms with van der Waals surface area (Å²) in [5.74, 6) is -0.109. The van der Waals surface area contributed by atoms with Crippen molar-refractivity contribution in [1.29, 1.82) is 0 Å². The first kappa shape index (κ1) is 62.1. The minimum Gasteiger partial charge on any atom is -0.466 e. The molecule has 0 rings (SSSR count). The maximum atomic E-state index is 12.5. The molecule has 376 valence electrons. The predicted octanol–water partition coefficient (Wildman–Crippen LogP) is 17.2. The zero-order valence-corrected chi connectivity index (χ0v) is 42.8. The minimum absolute atomic E-state index is 0.0227. The summed E-state index contributed by atoms with van der Waals surface area (Å²) in [7, 11) is 0. The molecular formula is C58H109NO5. The highest BCUT2D eigenvalue weighted by Gasteiger charge is 2.18. The first-order valence-electron chi connectivity index (χ1n) is 28.3. The number of esters is 1. The molecule has 0 saturated carbocycles. The Kier molecular flexibility index (Phi) is 52.1. The molecule has 2 atom stereocenters. The highest BCUT2D eigenvalue weighted by molar-refractivity contribution is 5.76. The fraction of sp³-hybridized carbons (Fsp3) is 0.862. The zero-order valence-electron chi connectivity index (χ0n) is 42.8. The Bertz CT molecular complexity index is 1040. The van der Waals surface area contributed by atoms with E-state index >= 15 is 0 Å². The predicted molar refractivity (Wildman–Crippen MR) is 278 cm³/mol. The van der Waals surface area contributed by atoms with Crippen molar-refractivity contribution in [2.45, 2.75) is 309 Å². The average molecular weight is 901 g/mol.